The van der Waals surface area contributed by atoms with Crippen molar-refractivity contribution in [1.82, 2.24) is 14.7 Å². The van der Waals surface area contributed by atoms with Crippen LogP contribution in [0, 0.1) is 0 Å². The summed E-state index contributed by atoms with van der Waals surface area (Å²) in [6, 6.07) is 8.32. The molecule has 2 aromatic rings. The molecule has 0 aliphatic carbocycles. The third-order valence-electron chi connectivity index (χ3n) is 3.49. The van der Waals surface area contributed by atoms with E-state index in [9.17, 15) is 4.79 Å². The summed E-state index contributed by atoms with van der Waals surface area (Å²) in [7, 11) is 3.72. The van der Waals surface area contributed by atoms with Gasteiger partial charge in [-0.15, -0.1) is 0 Å². The van der Waals surface area contributed by atoms with E-state index in [1.54, 1.807) is 23.6 Å². The van der Waals surface area contributed by atoms with Gasteiger partial charge in [0.1, 0.15) is 0 Å². The van der Waals surface area contributed by atoms with Crippen molar-refractivity contribution in [3.8, 4) is 0 Å². The van der Waals surface area contributed by atoms with Crippen molar-refractivity contribution in [2.75, 3.05) is 12.4 Å². The number of carbonyl (C=O) groups excluding carboxylic acids is 1. The maximum absolute atomic E-state index is 11.3. The largest absolute Gasteiger partial charge is 0.378 e. The number of carbonyl (C=O) groups is 1. The third-order valence-corrected chi connectivity index (χ3v) is 3.49. The number of hydrogen-bond acceptors (Lipinski definition) is 3. The van der Waals surface area contributed by atoms with Gasteiger partial charge in [-0.2, -0.15) is 5.10 Å². The normalized spacial score (nSPS) is 12.0. The number of amides is 1. The van der Waals surface area contributed by atoms with Crippen molar-refractivity contribution in [2.45, 2.75) is 26.4 Å². The van der Waals surface area contributed by atoms with Crippen molar-refractivity contribution >= 4 is 11.6 Å². The van der Waals surface area contributed by atoms with Gasteiger partial charge in [-0.05, 0) is 24.6 Å². The number of hydrogen-bond donors (Lipinski definition) is 1. The molecule has 0 bridgehead atoms. The monoisotopic (exact) mass is 286 g/mol. The van der Waals surface area contributed by atoms with E-state index in [4.69, 9.17) is 0 Å². The fraction of sp³-hybridized carbons (Fsp3) is 0.375. The lowest BCUT2D eigenvalue weighted by molar-refractivity contribution is -0.128. The molecule has 1 aromatic carbocycles. The van der Waals surface area contributed by atoms with Crippen LogP contribution in [0.1, 0.15) is 31.0 Å². The van der Waals surface area contributed by atoms with Crippen LogP contribution in [0.15, 0.2) is 36.7 Å². The van der Waals surface area contributed by atoms with Crippen LogP contribution in [0.2, 0.25) is 0 Å². The van der Waals surface area contributed by atoms with Crippen molar-refractivity contribution in [3.63, 3.8) is 0 Å². The van der Waals surface area contributed by atoms with Crippen LogP contribution in [0.4, 0.5) is 5.69 Å². The summed E-state index contributed by atoms with van der Waals surface area (Å²) >= 11 is 0. The molecule has 0 spiro atoms. The predicted octanol–water partition coefficient (Wildman–Crippen LogP) is 2.57. The molecule has 0 aliphatic rings. The van der Waals surface area contributed by atoms with Crippen LogP contribution in [-0.4, -0.2) is 27.6 Å². The Labute approximate surface area is 125 Å². The Kier molecular flexibility index (Phi) is 4.62. The standard InChI is InChI=1S/C16H22N4O/c1-12(15-9-17-20(4)11-15)18-16-7-5-6-14(8-16)10-19(3)13(2)21/h5-9,11-12,18H,10H2,1-4H3. The van der Waals surface area contributed by atoms with Crippen LogP contribution in [0.3, 0.4) is 0 Å². The third kappa shape index (κ3) is 4.08. The molecule has 0 aliphatic heterocycles. The molecular formula is C16H22N4O. The Morgan fingerprint density at radius 1 is 1.48 bits per heavy atom. The molecule has 1 atom stereocenters. The minimum absolute atomic E-state index is 0.0668. The first-order chi connectivity index (χ1) is 9.95. The highest BCUT2D eigenvalue weighted by Gasteiger charge is 2.08. The van der Waals surface area contributed by atoms with E-state index in [1.807, 2.05) is 37.6 Å². The number of benzene rings is 1. The number of aryl methyl sites for hydroxylation is 1. The van der Waals surface area contributed by atoms with Gasteiger partial charge in [0.15, 0.2) is 0 Å². The maximum atomic E-state index is 11.3. The molecule has 5 nitrogen and oxygen atoms in total. The zero-order valence-corrected chi connectivity index (χ0v) is 13.0. The van der Waals surface area contributed by atoms with Crippen LogP contribution < -0.4 is 5.32 Å². The van der Waals surface area contributed by atoms with Crippen LogP contribution >= 0.6 is 0 Å². The summed E-state index contributed by atoms with van der Waals surface area (Å²) in [4.78, 5) is 13.0. The van der Waals surface area contributed by atoms with E-state index >= 15 is 0 Å². The van der Waals surface area contributed by atoms with Crippen molar-refractivity contribution in [1.29, 1.82) is 0 Å². The minimum atomic E-state index is 0.0668. The summed E-state index contributed by atoms with van der Waals surface area (Å²) in [5.41, 5.74) is 3.29. The Balaban J connectivity index is 2.05. The molecule has 0 saturated carbocycles. The van der Waals surface area contributed by atoms with Crippen LogP contribution in [0.25, 0.3) is 0 Å². The van der Waals surface area contributed by atoms with Gasteiger partial charge in [0, 0.05) is 45.0 Å². The van der Waals surface area contributed by atoms with E-state index in [0.29, 0.717) is 6.54 Å². The van der Waals surface area contributed by atoms with Gasteiger partial charge in [0.2, 0.25) is 5.91 Å². The molecule has 2 rings (SSSR count). The average molecular weight is 286 g/mol. The van der Waals surface area contributed by atoms with Gasteiger partial charge in [0.25, 0.3) is 0 Å². The van der Waals surface area contributed by atoms with Crippen molar-refractivity contribution in [2.24, 2.45) is 7.05 Å². The zero-order chi connectivity index (χ0) is 15.4. The van der Waals surface area contributed by atoms with E-state index in [2.05, 4.69) is 23.4 Å². The minimum Gasteiger partial charge on any atom is -0.378 e. The molecular weight excluding hydrogens is 264 g/mol. The quantitative estimate of drug-likeness (QED) is 0.919. The van der Waals surface area contributed by atoms with Gasteiger partial charge in [-0.3, -0.25) is 9.48 Å². The van der Waals surface area contributed by atoms with Crippen LogP contribution in [0.5, 0.6) is 0 Å². The molecule has 1 amide bonds. The fourth-order valence-electron chi connectivity index (χ4n) is 2.14. The Morgan fingerprint density at radius 2 is 2.24 bits per heavy atom. The van der Waals surface area contributed by atoms with E-state index < -0.39 is 0 Å². The summed E-state index contributed by atoms with van der Waals surface area (Å²) in [6.45, 7) is 4.30. The lowest BCUT2D eigenvalue weighted by atomic mass is 10.1. The Morgan fingerprint density at radius 3 is 2.86 bits per heavy atom. The van der Waals surface area contributed by atoms with E-state index in [0.717, 1.165) is 16.8 Å². The number of nitrogens with zero attached hydrogens (tertiary/aromatic N) is 3. The molecule has 112 valence electrons. The second-order valence-corrected chi connectivity index (χ2v) is 5.39. The molecule has 0 saturated heterocycles. The molecule has 1 unspecified atom stereocenters. The SMILES string of the molecule is CC(=O)N(C)Cc1cccc(NC(C)c2cnn(C)c2)c1. The lowest BCUT2D eigenvalue weighted by Crippen LogP contribution is -2.23. The van der Waals surface area contributed by atoms with Gasteiger partial charge >= 0.3 is 0 Å². The van der Waals surface area contributed by atoms with Gasteiger partial charge in [-0.25, -0.2) is 0 Å². The molecule has 1 heterocycles. The van der Waals surface area contributed by atoms with Crippen molar-refractivity contribution < 1.29 is 4.79 Å². The molecule has 0 radical (unpaired) electrons. The smallest absolute Gasteiger partial charge is 0.219 e. The predicted molar refractivity (Wildman–Crippen MR) is 83.8 cm³/mol. The first kappa shape index (κ1) is 15.1. The number of nitrogens with one attached hydrogen (secondary N) is 1. The first-order valence-electron chi connectivity index (χ1n) is 7.01. The van der Waals surface area contributed by atoms with E-state index in [-0.39, 0.29) is 11.9 Å². The molecule has 1 N–H and O–H groups in total. The zero-order valence-electron chi connectivity index (χ0n) is 13.0. The Bertz CT molecular complexity index is 620. The number of aromatic nitrogens is 2. The van der Waals surface area contributed by atoms with Gasteiger partial charge in [-0.1, -0.05) is 12.1 Å². The van der Waals surface area contributed by atoms with E-state index in [1.165, 1.54) is 0 Å². The fourth-order valence-corrected chi connectivity index (χ4v) is 2.14. The molecule has 1 aromatic heterocycles. The summed E-state index contributed by atoms with van der Waals surface area (Å²) in [5, 5.41) is 7.65. The van der Waals surface area contributed by atoms with Crippen molar-refractivity contribution in [3.05, 3.63) is 47.8 Å². The lowest BCUT2D eigenvalue weighted by Gasteiger charge is -2.17. The number of anilines is 1. The number of rotatable bonds is 5. The molecule has 5 heteroatoms. The highest BCUT2D eigenvalue weighted by Crippen LogP contribution is 2.20. The summed E-state index contributed by atoms with van der Waals surface area (Å²) in [5.74, 6) is 0.0668. The topological polar surface area (TPSA) is 50.2 Å². The summed E-state index contributed by atoms with van der Waals surface area (Å²) < 4.78 is 1.80. The van der Waals surface area contributed by atoms with Crippen LogP contribution in [-0.2, 0) is 18.4 Å². The highest BCUT2D eigenvalue weighted by molar-refractivity contribution is 5.72. The highest BCUT2D eigenvalue weighted by atomic mass is 16.2. The van der Waals surface area contributed by atoms with Gasteiger partial charge in [0.05, 0.1) is 12.2 Å². The molecule has 0 fully saturated rings. The van der Waals surface area contributed by atoms with Gasteiger partial charge < -0.3 is 10.2 Å². The second-order valence-electron chi connectivity index (χ2n) is 5.39. The first-order valence-corrected chi connectivity index (χ1v) is 7.01. The summed E-state index contributed by atoms with van der Waals surface area (Å²) in [6.07, 6.45) is 3.87. The maximum Gasteiger partial charge on any atom is 0.219 e. The average Bonchev–Trinajstić information content (AvgIpc) is 2.86. The molecule has 21 heavy (non-hydrogen) atoms. The second kappa shape index (κ2) is 6.43. The Hall–Kier alpha value is -2.30.